The Morgan fingerprint density at radius 3 is 2.57 bits per heavy atom. The topological polar surface area (TPSA) is 97.6 Å². The number of halogens is 1. The molecule has 0 unspecified atom stereocenters. The van der Waals surface area contributed by atoms with Crippen LogP contribution in [0, 0.1) is 6.92 Å². The van der Waals surface area contributed by atoms with E-state index in [0.717, 1.165) is 5.56 Å². The Bertz CT molecular complexity index is 1080. The lowest BCUT2D eigenvalue weighted by Gasteiger charge is -2.09. The van der Waals surface area contributed by atoms with Crippen LogP contribution in [0.3, 0.4) is 0 Å². The van der Waals surface area contributed by atoms with Crippen molar-refractivity contribution in [1.82, 2.24) is 10.3 Å². The molecular weight excluding hydrogens is 404 g/mol. The maximum Gasteiger partial charge on any atom is 0.301 e. The number of amides is 1. The van der Waals surface area contributed by atoms with E-state index in [9.17, 15) is 13.2 Å². The number of rotatable bonds is 7. The van der Waals surface area contributed by atoms with Gasteiger partial charge < -0.3 is 9.15 Å². The minimum atomic E-state index is -4.03. The van der Waals surface area contributed by atoms with Crippen molar-refractivity contribution in [3.05, 3.63) is 82.8 Å². The van der Waals surface area contributed by atoms with Gasteiger partial charge in [0.15, 0.2) is 5.76 Å². The summed E-state index contributed by atoms with van der Waals surface area (Å²) in [6.45, 7) is 1.91. The highest BCUT2D eigenvalue weighted by atomic mass is 35.5. The maximum absolute atomic E-state index is 12.3. The van der Waals surface area contributed by atoms with Gasteiger partial charge in [0.25, 0.3) is 10.0 Å². The van der Waals surface area contributed by atoms with Gasteiger partial charge in [-0.2, -0.15) is 0 Å². The van der Waals surface area contributed by atoms with Gasteiger partial charge in [-0.15, -0.1) is 4.83 Å². The average Bonchev–Trinajstić information content (AvgIpc) is 3.14. The van der Waals surface area contributed by atoms with E-state index in [0.29, 0.717) is 11.5 Å². The summed E-state index contributed by atoms with van der Waals surface area (Å²) in [4.78, 5) is 14.0. The van der Waals surface area contributed by atoms with Gasteiger partial charge in [0.1, 0.15) is 23.0 Å². The molecule has 0 radical (unpaired) electrons. The number of furan rings is 1. The van der Waals surface area contributed by atoms with Crippen LogP contribution >= 0.6 is 11.6 Å². The van der Waals surface area contributed by atoms with Gasteiger partial charge in [-0.3, -0.25) is 10.2 Å². The fourth-order valence-corrected chi connectivity index (χ4v) is 3.74. The molecule has 3 rings (SSSR count). The summed E-state index contributed by atoms with van der Waals surface area (Å²) in [6, 6.07) is 16.6. The maximum atomic E-state index is 12.3. The lowest BCUT2D eigenvalue weighted by Crippen LogP contribution is -2.41. The summed E-state index contributed by atoms with van der Waals surface area (Å²) >= 11 is 5.97. The summed E-state index contributed by atoms with van der Waals surface area (Å²) < 4.78 is 35.5. The van der Waals surface area contributed by atoms with Crippen molar-refractivity contribution >= 4 is 27.5 Å². The molecule has 0 fully saturated rings. The van der Waals surface area contributed by atoms with Gasteiger partial charge in [0, 0.05) is 0 Å². The zero-order chi connectivity index (χ0) is 20.1. The van der Waals surface area contributed by atoms with Crippen LogP contribution in [0.2, 0.25) is 5.02 Å². The fourth-order valence-electron chi connectivity index (χ4n) is 2.30. The number of nitrogens with one attached hydrogen (secondary N) is 2. The first-order chi connectivity index (χ1) is 13.3. The molecule has 0 saturated carbocycles. The number of carbonyl (C=O) groups is 1. The van der Waals surface area contributed by atoms with E-state index >= 15 is 0 Å². The minimum Gasteiger partial charge on any atom is -0.486 e. The van der Waals surface area contributed by atoms with Gasteiger partial charge in [-0.25, -0.2) is 8.42 Å². The van der Waals surface area contributed by atoms with Crippen molar-refractivity contribution < 1.29 is 22.4 Å². The monoisotopic (exact) mass is 420 g/mol. The van der Waals surface area contributed by atoms with Crippen LogP contribution in [0.1, 0.15) is 21.9 Å². The van der Waals surface area contributed by atoms with Crippen molar-refractivity contribution in [2.75, 3.05) is 0 Å². The number of ether oxygens (including phenoxy) is 1. The number of sulfonamides is 1. The molecule has 0 aliphatic rings. The Kier molecular flexibility index (Phi) is 6.03. The number of carbonyl (C=O) groups excluding carboxylic acids is 1. The lowest BCUT2D eigenvalue weighted by atomic mass is 10.2. The van der Waals surface area contributed by atoms with Crippen LogP contribution < -0.4 is 15.0 Å². The Labute approximate surface area is 167 Å². The van der Waals surface area contributed by atoms with Gasteiger partial charge in [0.05, 0.1) is 5.02 Å². The van der Waals surface area contributed by atoms with E-state index in [1.165, 1.54) is 18.2 Å². The van der Waals surface area contributed by atoms with Crippen molar-refractivity contribution in [3.8, 4) is 5.75 Å². The second kappa shape index (κ2) is 8.47. The highest BCUT2D eigenvalue weighted by Gasteiger charge is 2.20. The smallest absolute Gasteiger partial charge is 0.301 e. The van der Waals surface area contributed by atoms with E-state index < -0.39 is 15.9 Å². The molecule has 9 heteroatoms. The van der Waals surface area contributed by atoms with Crippen LogP contribution in [-0.2, 0) is 16.6 Å². The van der Waals surface area contributed by atoms with Crippen molar-refractivity contribution in [1.29, 1.82) is 0 Å². The molecule has 1 heterocycles. The van der Waals surface area contributed by atoms with Crippen LogP contribution in [0.4, 0.5) is 0 Å². The second-order valence-electron chi connectivity index (χ2n) is 5.86. The van der Waals surface area contributed by atoms with E-state index in [2.05, 4.69) is 5.43 Å². The Morgan fingerprint density at radius 1 is 1.11 bits per heavy atom. The minimum absolute atomic E-state index is 0.0556. The standard InChI is InChI=1S/C19H17ClN2O5S/c1-13-7-10-18(16(20)11-13)28(24,25)22-21-19(23)17-9-8-15(27-17)12-26-14-5-3-2-4-6-14/h2-11,22H,12H2,1H3,(H,21,23). The molecule has 146 valence electrons. The van der Waals surface area contributed by atoms with E-state index in [1.807, 2.05) is 23.0 Å². The van der Waals surface area contributed by atoms with Crippen molar-refractivity contribution in [2.45, 2.75) is 18.4 Å². The number of hydrazine groups is 1. The van der Waals surface area contributed by atoms with Crippen LogP contribution in [0.25, 0.3) is 0 Å². The molecule has 3 aromatic rings. The Hall–Kier alpha value is -2.81. The highest BCUT2D eigenvalue weighted by Crippen LogP contribution is 2.22. The SMILES string of the molecule is Cc1ccc(S(=O)(=O)NNC(=O)c2ccc(COc3ccccc3)o2)c(Cl)c1. The molecule has 2 aromatic carbocycles. The summed E-state index contributed by atoms with van der Waals surface area (Å²) in [5.41, 5.74) is 2.91. The van der Waals surface area contributed by atoms with E-state index in [-0.39, 0.29) is 22.3 Å². The average molecular weight is 421 g/mol. The Morgan fingerprint density at radius 2 is 1.86 bits per heavy atom. The first-order valence-corrected chi connectivity index (χ1v) is 10.1. The number of hydrogen-bond donors (Lipinski definition) is 2. The molecule has 7 nitrogen and oxygen atoms in total. The zero-order valence-electron chi connectivity index (χ0n) is 14.8. The van der Waals surface area contributed by atoms with E-state index in [1.54, 1.807) is 31.2 Å². The molecule has 28 heavy (non-hydrogen) atoms. The van der Waals surface area contributed by atoms with Gasteiger partial charge >= 0.3 is 5.91 Å². The highest BCUT2D eigenvalue weighted by molar-refractivity contribution is 7.89. The molecular formula is C19H17ClN2O5S. The third-order valence-corrected chi connectivity index (χ3v) is 5.42. The summed E-state index contributed by atoms with van der Waals surface area (Å²) in [5, 5.41) is 0.0556. The molecule has 0 bridgehead atoms. The normalized spacial score (nSPS) is 11.2. The molecule has 0 saturated heterocycles. The quantitative estimate of drug-likeness (QED) is 0.570. The van der Waals surface area contributed by atoms with Crippen molar-refractivity contribution in [3.63, 3.8) is 0 Å². The molecule has 0 aliphatic carbocycles. The van der Waals surface area contributed by atoms with Crippen LogP contribution in [-0.4, -0.2) is 14.3 Å². The third-order valence-electron chi connectivity index (χ3n) is 3.69. The predicted octanol–water partition coefficient (Wildman–Crippen LogP) is 3.44. The predicted molar refractivity (Wildman–Crippen MR) is 103 cm³/mol. The molecule has 0 spiro atoms. The first kappa shape index (κ1) is 19.9. The summed E-state index contributed by atoms with van der Waals surface area (Å²) in [7, 11) is -4.03. The Balaban J connectivity index is 1.60. The van der Waals surface area contributed by atoms with Gasteiger partial charge in [-0.1, -0.05) is 35.9 Å². The number of aryl methyl sites for hydroxylation is 1. The van der Waals surface area contributed by atoms with Gasteiger partial charge in [0.2, 0.25) is 0 Å². The second-order valence-corrected chi connectivity index (χ2v) is 7.92. The largest absolute Gasteiger partial charge is 0.486 e. The lowest BCUT2D eigenvalue weighted by molar-refractivity contribution is 0.0913. The number of hydrogen-bond acceptors (Lipinski definition) is 5. The zero-order valence-corrected chi connectivity index (χ0v) is 16.4. The van der Waals surface area contributed by atoms with Crippen LogP contribution in [0.5, 0.6) is 5.75 Å². The van der Waals surface area contributed by atoms with Gasteiger partial charge in [-0.05, 0) is 48.9 Å². The fraction of sp³-hybridized carbons (Fsp3) is 0.105. The first-order valence-electron chi connectivity index (χ1n) is 8.20. The third kappa shape index (κ3) is 4.92. The molecule has 0 aliphatic heterocycles. The summed E-state index contributed by atoms with van der Waals surface area (Å²) in [6.07, 6.45) is 0. The molecule has 0 atom stereocenters. The molecule has 2 N–H and O–H groups in total. The number of para-hydroxylation sites is 1. The van der Waals surface area contributed by atoms with Crippen LogP contribution in [0.15, 0.2) is 70.0 Å². The van der Waals surface area contributed by atoms with Crippen molar-refractivity contribution in [2.24, 2.45) is 0 Å². The van der Waals surface area contributed by atoms with E-state index in [4.69, 9.17) is 20.8 Å². The summed E-state index contributed by atoms with van der Waals surface area (Å²) in [5.74, 6) is 0.258. The molecule has 1 amide bonds. The molecule has 1 aromatic heterocycles. The number of benzene rings is 2.